The number of esters is 1. The van der Waals surface area contributed by atoms with Gasteiger partial charge in [0, 0.05) is 41.6 Å². The first-order chi connectivity index (χ1) is 17.8. The number of aromatic nitrogens is 6. The molecule has 1 N–H and O–H groups in total. The fraction of sp³-hybridized carbons (Fsp3) is 0.360. The first kappa shape index (κ1) is 26.0. The molecule has 1 aliphatic heterocycles. The highest BCUT2D eigenvalue weighted by molar-refractivity contribution is 7.15. The minimum Gasteiger partial charge on any atom is -0.492 e. The molecule has 11 nitrogen and oxygen atoms in total. The van der Waals surface area contributed by atoms with Crippen molar-refractivity contribution in [3.63, 3.8) is 0 Å². The maximum Gasteiger partial charge on any atom is 0.327 e. The van der Waals surface area contributed by atoms with Crippen LogP contribution in [0.5, 0.6) is 5.75 Å². The lowest BCUT2D eigenvalue weighted by Crippen LogP contribution is -2.13. The third-order valence-corrected chi connectivity index (χ3v) is 6.45. The minimum absolute atomic E-state index is 0.0846. The van der Waals surface area contributed by atoms with Crippen LogP contribution in [0.1, 0.15) is 38.6 Å². The first-order valence-electron chi connectivity index (χ1n) is 11.8. The SMILES string of the molecule is CC(=O)O.CCOC(=O)Cn1cc(-c2ccc3c(c2)OCCc2sc(-c4ncnn4C(C)C)nc2-3)cn1. The van der Waals surface area contributed by atoms with E-state index in [4.69, 9.17) is 24.4 Å². The molecule has 194 valence electrons. The normalized spacial score (nSPS) is 12.0. The Balaban J connectivity index is 0.000000747. The van der Waals surface area contributed by atoms with Gasteiger partial charge in [-0.2, -0.15) is 10.2 Å². The van der Waals surface area contributed by atoms with Crippen molar-refractivity contribution in [1.82, 2.24) is 29.5 Å². The molecular weight excluding hydrogens is 496 g/mol. The Labute approximate surface area is 217 Å². The van der Waals surface area contributed by atoms with E-state index in [1.165, 1.54) is 4.88 Å². The Morgan fingerprint density at radius 2 is 2.03 bits per heavy atom. The van der Waals surface area contributed by atoms with Gasteiger partial charge >= 0.3 is 5.97 Å². The van der Waals surface area contributed by atoms with Crippen molar-refractivity contribution < 1.29 is 24.2 Å². The zero-order chi connectivity index (χ0) is 26.5. The van der Waals surface area contributed by atoms with Gasteiger partial charge in [-0.05, 0) is 38.5 Å². The molecular formula is C25H28N6O5S. The zero-order valence-corrected chi connectivity index (χ0v) is 21.9. The topological polar surface area (TPSA) is 134 Å². The van der Waals surface area contributed by atoms with Crippen LogP contribution in [0.2, 0.25) is 0 Å². The third-order valence-electron chi connectivity index (χ3n) is 5.34. The summed E-state index contributed by atoms with van der Waals surface area (Å²) in [5, 5.41) is 16.9. The van der Waals surface area contributed by atoms with Crippen molar-refractivity contribution in [2.75, 3.05) is 13.2 Å². The van der Waals surface area contributed by atoms with Crippen LogP contribution < -0.4 is 4.74 Å². The number of carbonyl (C=O) groups is 2. The number of fused-ring (bicyclic) bond motifs is 3. The average molecular weight is 525 g/mol. The summed E-state index contributed by atoms with van der Waals surface area (Å²) in [7, 11) is 0. The van der Waals surface area contributed by atoms with Crippen molar-refractivity contribution in [3.8, 4) is 39.0 Å². The number of nitrogens with zero attached hydrogens (tertiary/aromatic N) is 6. The molecule has 0 saturated carbocycles. The Morgan fingerprint density at radius 3 is 2.76 bits per heavy atom. The monoisotopic (exact) mass is 524 g/mol. The fourth-order valence-electron chi connectivity index (χ4n) is 3.82. The van der Waals surface area contributed by atoms with Crippen LogP contribution in [-0.2, 0) is 27.3 Å². The number of aliphatic carboxylic acids is 1. The number of rotatable bonds is 6. The molecule has 0 aliphatic carbocycles. The van der Waals surface area contributed by atoms with E-state index in [2.05, 4.69) is 29.0 Å². The molecule has 4 aromatic rings. The number of carboxylic acid groups (broad SMARTS) is 1. The summed E-state index contributed by atoms with van der Waals surface area (Å²) in [4.78, 5) is 31.3. The summed E-state index contributed by atoms with van der Waals surface area (Å²) in [6.07, 6.45) is 5.93. The van der Waals surface area contributed by atoms with E-state index in [-0.39, 0.29) is 18.6 Å². The van der Waals surface area contributed by atoms with Gasteiger partial charge in [-0.15, -0.1) is 11.3 Å². The van der Waals surface area contributed by atoms with Crippen molar-refractivity contribution in [2.45, 2.75) is 46.7 Å². The van der Waals surface area contributed by atoms with Gasteiger partial charge in [-0.3, -0.25) is 14.3 Å². The Morgan fingerprint density at radius 1 is 1.24 bits per heavy atom. The van der Waals surface area contributed by atoms with E-state index in [1.54, 1.807) is 35.5 Å². The summed E-state index contributed by atoms with van der Waals surface area (Å²) in [5.41, 5.74) is 3.76. The molecule has 3 aromatic heterocycles. The number of carbonyl (C=O) groups excluding carboxylic acids is 1. The van der Waals surface area contributed by atoms with E-state index >= 15 is 0 Å². The van der Waals surface area contributed by atoms with Crippen LogP contribution in [0.3, 0.4) is 0 Å². The molecule has 0 bridgehead atoms. The second-order valence-electron chi connectivity index (χ2n) is 8.47. The molecule has 12 heteroatoms. The van der Waals surface area contributed by atoms with E-state index in [0.29, 0.717) is 13.2 Å². The van der Waals surface area contributed by atoms with Gasteiger partial charge in [0.2, 0.25) is 0 Å². The zero-order valence-electron chi connectivity index (χ0n) is 21.0. The van der Waals surface area contributed by atoms with Crippen LogP contribution in [-0.4, -0.2) is 59.8 Å². The van der Waals surface area contributed by atoms with Crippen molar-refractivity contribution >= 4 is 23.3 Å². The highest BCUT2D eigenvalue weighted by Crippen LogP contribution is 2.41. The molecule has 0 spiro atoms. The molecule has 5 rings (SSSR count). The molecule has 1 aliphatic rings. The quantitative estimate of drug-likeness (QED) is 0.370. The molecule has 0 fully saturated rings. The Hall–Kier alpha value is -4.06. The van der Waals surface area contributed by atoms with E-state index < -0.39 is 5.97 Å². The molecule has 37 heavy (non-hydrogen) atoms. The molecule has 0 radical (unpaired) electrons. The summed E-state index contributed by atoms with van der Waals surface area (Å²) >= 11 is 1.64. The van der Waals surface area contributed by atoms with Crippen molar-refractivity contribution in [1.29, 1.82) is 0 Å². The van der Waals surface area contributed by atoms with Crippen LogP contribution >= 0.6 is 11.3 Å². The number of benzene rings is 1. The number of hydrogen-bond acceptors (Lipinski definition) is 9. The number of ether oxygens (including phenoxy) is 2. The summed E-state index contributed by atoms with van der Waals surface area (Å²) < 4.78 is 14.5. The number of carboxylic acids is 1. The Bertz CT molecular complexity index is 1400. The van der Waals surface area contributed by atoms with Crippen LogP contribution in [0.25, 0.3) is 33.2 Å². The van der Waals surface area contributed by atoms with Crippen molar-refractivity contribution in [2.24, 2.45) is 0 Å². The number of thiazole rings is 1. The second-order valence-corrected chi connectivity index (χ2v) is 9.56. The first-order valence-corrected chi connectivity index (χ1v) is 12.6. The molecule has 4 heterocycles. The lowest BCUT2D eigenvalue weighted by molar-refractivity contribution is -0.144. The fourth-order valence-corrected chi connectivity index (χ4v) is 4.86. The lowest BCUT2D eigenvalue weighted by atomic mass is 10.0. The highest BCUT2D eigenvalue weighted by Gasteiger charge is 2.24. The maximum atomic E-state index is 11.7. The van der Waals surface area contributed by atoms with Gasteiger partial charge in [0.25, 0.3) is 5.97 Å². The summed E-state index contributed by atoms with van der Waals surface area (Å²) in [5.74, 6) is 0.431. The largest absolute Gasteiger partial charge is 0.492 e. The number of hydrogen-bond donors (Lipinski definition) is 1. The van der Waals surface area contributed by atoms with E-state index in [1.807, 2.05) is 29.1 Å². The molecule has 0 saturated heterocycles. The summed E-state index contributed by atoms with van der Waals surface area (Å²) in [6, 6.07) is 6.27. The van der Waals surface area contributed by atoms with Gasteiger partial charge < -0.3 is 14.6 Å². The maximum absolute atomic E-state index is 11.7. The van der Waals surface area contributed by atoms with Crippen LogP contribution in [0, 0.1) is 0 Å². The molecule has 0 atom stereocenters. The lowest BCUT2D eigenvalue weighted by Gasteiger charge is -2.09. The molecule has 1 aromatic carbocycles. The van der Waals surface area contributed by atoms with Crippen LogP contribution in [0.4, 0.5) is 0 Å². The average Bonchev–Trinajstić information content (AvgIpc) is 3.57. The van der Waals surface area contributed by atoms with Gasteiger partial charge in [0.1, 0.15) is 18.6 Å². The predicted octanol–water partition coefficient (Wildman–Crippen LogP) is 4.10. The van der Waals surface area contributed by atoms with Gasteiger partial charge in [-0.1, -0.05) is 6.07 Å². The molecule has 0 unspecified atom stereocenters. The third kappa shape index (κ3) is 6.02. The highest BCUT2D eigenvalue weighted by atomic mass is 32.1. The Kier molecular flexibility index (Phi) is 7.97. The summed E-state index contributed by atoms with van der Waals surface area (Å²) in [6.45, 7) is 8.04. The van der Waals surface area contributed by atoms with Crippen LogP contribution in [0.15, 0.2) is 36.9 Å². The smallest absolute Gasteiger partial charge is 0.327 e. The van der Waals surface area contributed by atoms with Gasteiger partial charge in [0.15, 0.2) is 10.8 Å². The van der Waals surface area contributed by atoms with Gasteiger partial charge in [-0.25, -0.2) is 14.6 Å². The second kappa shape index (κ2) is 11.3. The minimum atomic E-state index is -0.833. The van der Waals surface area contributed by atoms with E-state index in [0.717, 1.165) is 52.3 Å². The van der Waals surface area contributed by atoms with Crippen molar-refractivity contribution in [3.05, 3.63) is 41.8 Å². The standard InChI is InChI=1S/C23H24N6O3S.C2H4O2/c1-4-31-20(30)12-28-11-16(10-25-28)15-5-6-17-18(9-15)32-8-7-19-21(17)27-23(33-19)22-24-13-26-29(22)14(2)3;1-2(3)4/h5-6,9-11,13-14H,4,7-8,12H2,1-3H3;1H3,(H,3,4). The predicted molar refractivity (Wildman–Crippen MR) is 137 cm³/mol. The van der Waals surface area contributed by atoms with Gasteiger partial charge in [0.05, 0.1) is 25.1 Å². The molecule has 0 amide bonds. The van der Waals surface area contributed by atoms with E-state index in [9.17, 15) is 4.79 Å².